The van der Waals surface area contributed by atoms with E-state index in [9.17, 15) is 19.2 Å². The molecule has 0 aromatic carbocycles. The summed E-state index contributed by atoms with van der Waals surface area (Å²) < 4.78 is 18.9. The van der Waals surface area contributed by atoms with Crippen molar-refractivity contribution in [1.82, 2.24) is 0 Å². The Balaban J connectivity index is 2.21. The fourth-order valence-electron chi connectivity index (χ4n) is 1.43. The summed E-state index contributed by atoms with van der Waals surface area (Å²) in [7, 11) is 0. The maximum Gasteiger partial charge on any atom is 0.344 e. The highest BCUT2D eigenvalue weighted by molar-refractivity contribution is 5.81. The van der Waals surface area contributed by atoms with Crippen molar-refractivity contribution >= 4 is 23.9 Å². The summed E-state index contributed by atoms with van der Waals surface area (Å²) in [4.78, 5) is 45.2. The number of cyclic esters (lactones) is 1. The van der Waals surface area contributed by atoms with Crippen LogP contribution in [-0.2, 0) is 38.1 Å². The van der Waals surface area contributed by atoms with Crippen LogP contribution in [0.2, 0.25) is 0 Å². The van der Waals surface area contributed by atoms with E-state index in [1.54, 1.807) is 13.8 Å². The Morgan fingerprint density at radius 1 is 1.18 bits per heavy atom. The standard InChI is InChI=1S/C14H20O8/c1-4-14(2,3)13(18)21-7-11(16)20-8-12(17)22-9-5-10(15)19-6-9/h9H,4-8H2,1-3H3. The van der Waals surface area contributed by atoms with E-state index >= 15 is 0 Å². The molecule has 1 aliphatic heterocycles. The topological polar surface area (TPSA) is 105 Å². The summed E-state index contributed by atoms with van der Waals surface area (Å²) in [6, 6.07) is 0. The minimum Gasteiger partial charge on any atom is -0.462 e. The van der Waals surface area contributed by atoms with Crippen LogP contribution in [0.25, 0.3) is 0 Å². The molecule has 0 N–H and O–H groups in total. The summed E-state index contributed by atoms with van der Waals surface area (Å²) in [5.74, 6) is -2.61. The molecule has 1 atom stereocenters. The second-order valence-electron chi connectivity index (χ2n) is 5.47. The maximum absolute atomic E-state index is 11.6. The fourth-order valence-corrected chi connectivity index (χ4v) is 1.43. The lowest BCUT2D eigenvalue weighted by atomic mass is 9.91. The van der Waals surface area contributed by atoms with Crippen LogP contribution in [-0.4, -0.2) is 49.8 Å². The van der Waals surface area contributed by atoms with Crippen LogP contribution in [0.4, 0.5) is 0 Å². The van der Waals surface area contributed by atoms with Crippen LogP contribution in [0.1, 0.15) is 33.6 Å². The van der Waals surface area contributed by atoms with E-state index in [1.165, 1.54) is 0 Å². The number of ether oxygens (including phenoxy) is 4. The molecule has 0 bridgehead atoms. The molecular weight excluding hydrogens is 296 g/mol. The van der Waals surface area contributed by atoms with Gasteiger partial charge in [-0.3, -0.25) is 9.59 Å². The molecule has 0 aliphatic carbocycles. The summed E-state index contributed by atoms with van der Waals surface area (Å²) >= 11 is 0. The van der Waals surface area contributed by atoms with E-state index in [0.29, 0.717) is 6.42 Å². The lowest BCUT2D eigenvalue weighted by Crippen LogP contribution is -2.29. The van der Waals surface area contributed by atoms with Crippen molar-refractivity contribution in [2.24, 2.45) is 5.41 Å². The molecule has 0 aromatic rings. The molecule has 1 fully saturated rings. The van der Waals surface area contributed by atoms with E-state index in [1.807, 2.05) is 6.92 Å². The monoisotopic (exact) mass is 316 g/mol. The van der Waals surface area contributed by atoms with E-state index in [0.717, 1.165) is 0 Å². The van der Waals surface area contributed by atoms with Gasteiger partial charge in [-0.1, -0.05) is 6.92 Å². The van der Waals surface area contributed by atoms with E-state index in [4.69, 9.17) is 9.47 Å². The van der Waals surface area contributed by atoms with Gasteiger partial charge in [-0.25, -0.2) is 9.59 Å². The maximum atomic E-state index is 11.6. The van der Waals surface area contributed by atoms with Crippen LogP contribution in [0.3, 0.4) is 0 Å². The molecule has 1 unspecified atom stereocenters. The molecule has 124 valence electrons. The van der Waals surface area contributed by atoms with Gasteiger partial charge in [-0.2, -0.15) is 0 Å². The Kier molecular flexibility index (Phi) is 6.33. The minimum absolute atomic E-state index is 0.00222. The van der Waals surface area contributed by atoms with Gasteiger partial charge in [0.25, 0.3) is 0 Å². The van der Waals surface area contributed by atoms with Gasteiger partial charge in [0.2, 0.25) is 0 Å². The first-order chi connectivity index (χ1) is 10.2. The predicted molar refractivity (Wildman–Crippen MR) is 71.4 cm³/mol. The first kappa shape index (κ1) is 17.9. The first-order valence-electron chi connectivity index (χ1n) is 6.92. The van der Waals surface area contributed by atoms with Crippen molar-refractivity contribution in [2.45, 2.75) is 39.7 Å². The number of hydrogen-bond donors (Lipinski definition) is 0. The van der Waals surface area contributed by atoms with Gasteiger partial charge < -0.3 is 18.9 Å². The van der Waals surface area contributed by atoms with Gasteiger partial charge in [-0.15, -0.1) is 0 Å². The van der Waals surface area contributed by atoms with Crippen LogP contribution in [0, 0.1) is 5.41 Å². The molecule has 0 saturated carbocycles. The third-order valence-corrected chi connectivity index (χ3v) is 3.23. The average Bonchev–Trinajstić information content (AvgIpc) is 2.87. The van der Waals surface area contributed by atoms with Crippen LogP contribution < -0.4 is 0 Å². The van der Waals surface area contributed by atoms with Crippen molar-refractivity contribution in [1.29, 1.82) is 0 Å². The minimum atomic E-state index is -0.851. The largest absolute Gasteiger partial charge is 0.462 e. The molecule has 8 heteroatoms. The van der Waals surface area contributed by atoms with E-state index in [2.05, 4.69) is 9.47 Å². The Hall–Kier alpha value is -2.12. The zero-order valence-electron chi connectivity index (χ0n) is 12.9. The van der Waals surface area contributed by atoms with E-state index < -0.39 is 48.6 Å². The second kappa shape index (κ2) is 7.77. The third-order valence-electron chi connectivity index (χ3n) is 3.23. The van der Waals surface area contributed by atoms with Gasteiger partial charge in [-0.05, 0) is 20.3 Å². The quantitative estimate of drug-likeness (QED) is 0.490. The van der Waals surface area contributed by atoms with Crippen molar-refractivity contribution in [3.63, 3.8) is 0 Å². The number of carbonyl (C=O) groups is 4. The van der Waals surface area contributed by atoms with E-state index in [-0.39, 0.29) is 13.0 Å². The predicted octanol–water partition coefficient (Wildman–Crippen LogP) is 0.368. The average molecular weight is 316 g/mol. The number of rotatable bonds is 7. The molecule has 0 spiro atoms. The molecule has 0 amide bonds. The molecule has 22 heavy (non-hydrogen) atoms. The van der Waals surface area contributed by atoms with Gasteiger partial charge in [0, 0.05) is 0 Å². The smallest absolute Gasteiger partial charge is 0.344 e. The van der Waals surface area contributed by atoms with Crippen molar-refractivity contribution in [3.8, 4) is 0 Å². The highest BCUT2D eigenvalue weighted by atomic mass is 16.6. The second-order valence-corrected chi connectivity index (χ2v) is 5.47. The van der Waals surface area contributed by atoms with Crippen LogP contribution in [0.5, 0.6) is 0 Å². The third kappa shape index (κ3) is 5.71. The molecule has 0 radical (unpaired) electrons. The Bertz CT molecular complexity index is 454. The lowest BCUT2D eigenvalue weighted by Gasteiger charge is -2.19. The zero-order chi connectivity index (χ0) is 16.8. The van der Waals surface area contributed by atoms with Crippen molar-refractivity contribution in [3.05, 3.63) is 0 Å². The summed E-state index contributed by atoms with van der Waals surface area (Å²) in [5, 5.41) is 0. The molecular formula is C14H20O8. The lowest BCUT2D eigenvalue weighted by molar-refractivity contribution is -0.169. The molecule has 0 aromatic heterocycles. The molecule has 1 rings (SSSR count). The van der Waals surface area contributed by atoms with Crippen molar-refractivity contribution < 1.29 is 38.1 Å². The normalized spacial score (nSPS) is 17.6. The van der Waals surface area contributed by atoms with Crippen molar-refractivity contribution in [2.75, 3.05) is 19.8 Å². The Morgan fingerprint density at radius 3 is 2.36 bits per heavy atom. The number of hydrogen-bond acceptors (Lipinski definition) is 8. The van der Waals surface area contributed by atoms with Gasteiger partial charge in [0.15, 0.2) is 13.2 Å². The summed E-state index contributed by atoms with van der Waals surface area (Å²) in [5.41, 5.74) is -0.686. The molecule has 1 aliphatic rings. The first-order valence-corrected chi connectivity index (χ1v) is 6.92. The van der Waals surface area contributed by atoms with Crippen LogP contribution in [0.15, 0.2) is 0 Å². The number of carbonyl (C=O) groups excluding carboxylic acids is 4. The zero-order valence-corrected chi connectivity index (χ0v) is 12.9. The van der Waals surface area contributed by atoms with Gasteiger partial charge in [0.05, 0.1) is 11.8 Å². The highest BCUT2D eigenvalue weighted by Crippen LogP contribution is 2.21. The highest BCUT2D eigenvalue weighted by Gasteiger charge is 2.29. The number of esters is 4. The van der Waals surface area contributed by atoms with Gasteiger partial charge >= 0.3 is 23.9 Å². The summed E-state index contributed by atoms with van der Waals surface area (Å²) in [6.45, 7) is 4.04. The molecule has 1 heterocycles. The van der Waals surface area contributed by atoms with Gasteiger partial charge in [0.1, 0.15) is 12.7 Å². The Morgan fingerprint density at radius 2 is 1.82 bits per heavy atom. The fraction of sp³-hybridized carbons (Fsp3) is 0.714. The molecule has 1 saturated heterocycles. The SMILES string of the molecule is CCC(C)(C)C(=O)OCC(=O)OCC(=O)OC1COC(=O)C1. The summed E-state index contributed by atoms with van der Waals surface area (Å²) in [6.07, 6.45) is -0.0967. The van der Waals surface area contributed by atoms with Crippen LogP contribution >= 0.6 is 0 Å². The molecule has 8 nitrogen and oxygen atoms in total. The Labute approximate surface area is 128 Å².